The van der Waals surface area contributed by atoms with Gasteiger partial charge in [0, 0.05) is 6.04 Å². The van der Waals surface area contributed by atoms with E-state index in [2.05, 4.69) is 16.4 Å². The van der Waals surface area contributed by atoms with Crippen LogP contribution in [0.2, 0.25) is 0 Å². The summed E-state index contributed by atoms with van der Waals surface area (Å²) in [6.07, 6.45) is 2.35. The second kappa shape index (κ2) is 4.19. The third kappa shape index (κ3) is 2.15. The molecule has 2 aromatic heterocycles. The highest BCUT2D eigenvalue weighted by atomic mass is 32.1. The summed E-state index contributed by atoms with van der Waals surface area (Å²) < 4.78 is 0. The molecule has 0 aromatic carbocycles. The number of hydrogen-bond donors (Lipinski definition) is 1. The van der Waals surface area contributed by atoms with Crippen LogP contribution in [0, 0.1) is 11.3 Å². The van der Waals surface area contributed by atoms with Gasteiger partial charge in [-0.3, -0.25) is 0 Å². The fourth-order valence-electron chi connectivity index (χ4n) is 1.64. The molecule has 0 aliphatic heterocycles. The summed E-state index contributed by atoms with van der Waals surface area (Å²) in [6, 6.07) is 10.5. The summed E-state index contributed by atoms with van der Waals surface area (Å²) >= 11 is 1.66. The van der Waals surface area contributed by atoms with E-state index in [-0.39, 0.29) is 0 Å². The molecular formula is C13H11N3S. The summed E-state index contributed by atoms with van der Waals surface area (Å²) in [5.41, 5.74) is 1.55. The molecule has 4 heteroatoms. The lowest BCUT2D eigenvalue weighted by Gasteiger charge is -2.07. The van der Waals surface area contributed by atoms with Crippen LogP contribution in [0.3, 0.4) is 0 Å². The smallest absolute Gasteiger partial charge is 0.144 e. The van der Waals surface area contributed by atoms with E-state index >= 15 is 0 Å². The average Bonchev–Trinajstić information content (AvgIpc) is 3.00. The second-order valence-corrected chi connectivity index (χ2v) is 5.05. The predicted molar refractivity (Wildman–Crippen MR) is 68.9 cm³/mol. The number of nitrogens with zero attached hydrogens (tertiary/aromatic N) is 2. The molecule has 1 saturated carbocycles. The van der Waals surface area contributed by atoms with Crippen molar-refractivity contribution in [2.75, 3.05) is 5.32 Å². The van der Waals surface area contributed by atoms with Gasteiger partial charge < -0.3 is 5.32 Å². The molecular weight excluding hydrogens is 230 g/mol. The molecule has 0 saturated heterocycles. The van der Waals surface area contributed by atoms with Gasteiger partial charge in [-0.05, 0) is 36.4 Å². The predicted octanol–water partition coefficient (Wildman–Crippen LogP) is 3.26. The van der Waals surface area contributed by atoms with Gasteiger partial charge in [0.05, 0.1) is 16.1 Å². The zero-order valence-electron chi connectivity index (χ0n) is 9.18. The first-order chi connectivity index (χ1) is 8.36. The van der Waals surface area contributed by atoms with E-state index in [1.807, 2.05) is 29.6 Å². The van der Waals surface area contributed by atoms with Crippen molar-refractivity contribution >= 4 is 17.2 Å². The SMILES string of the molecule is N#Cc1ccc(-c2cccs2)nc1NC1CC1. The van der Waals surface area contributed by atoms with Crippen molar-refractivity contribution in [3.8, 4) is 16.6 Å². The van der Waals surface area contributed by atoms with Crippen LogP contribution < -0.4 is 5.32 Å². The standard InChI is InChI=1S/C13H11N3S/c14-8-9-3-6-11(12-2-1-7-17-12)16-13(9)15-10-4-5-10/h1-3,6-7,10H,4-5H2,(H,15,16). The summed E-state index contributed by atoms with van der Waals surface area (Å²) in [6.45, 7) is 0. The molecule has 0 bridgehead atoms. The summed E-state index contributed by atoms with van der Waals surface area (Å²) in [7, 11) is 0. The largest absolute Gasteiger partial charge is 0.366 e. The zero-order valence-corrected chi connectivity index (χ0v) is 10.00. The van der Waals surface area contributed by atoms with Gasteiger partial charge in [0.1, 0.15) is 11.9 Å². The molecule has 0 atom stereocenters. The van der Waals surface area contributed by atoms with Crippen LogP contribution in [0.5, 0.6) is 0 Å². The number of thiophene rings is 1. The highest BCUT2D eigenvalue weighted by molar-refractivity contribution is 7.13. The molecule has 84 valence electrons. The molecule has 1 fully saturated rings. The van der Waals surface area contributed by atoms with E-state index in [1.54, 1.807) is 11.3 Å². The molecule has 2 heterocycles. The number of nitriles is 1. The van der Waals surface area contributed by atoms with Gasteiger partial charge in [-0.1, -0.05) is 6.07 Å². The normalized spacial score (nSPS) is 14.3. The fraction of sp³-hybridized carbons (Fsp3) is 0.231. The second-order valence-electron chi connectivity index (χ2n) is 4.10. The molecule has 1 aliphatic carbocycles. The fourth-order valence-corrected chi connectivity index (χ4v) is 2.34. The highest BCUT2D eigenvalue weighted by Gasteiger charge is 2.22. The minimum absolute atomic E-state index is 0.508. The van der Waals surface area contributed by atoms with Gasteiger partial charge in [0.2, 0.25) is 0 Å². The summed E-state index contributed by atoms with van der Waals surface area (Å²) in [5, 5.41) is 14.4. The third-order valence-corrected chi connectivity index (χ3v) is 3.60. The van der Waals surface area contributed by atoms with Gasteiger partial charge in [-0.25, -0.2) is 4.98 Å². The number of aromatic nitrogens is 1. The quantitative estimate of drug-likeness (QED) is 0.897. The Morgan fingerprint density at radius 3 is 2.88 bits per heavy atom. The highest BCUT2D eigenvalue weighted by Crippen LogP contribution is 2.29. The van der Waals surface area contributed by atoms with E-state index in [0.29, 0.717) is 11.6 Å². The maximum absolute atomic E-state index is 9.05. The van der Waals surface area contributed by atoms with Crippen molar-refractivity contribution in [2.45, 2.75) is 18.9 Å². The lowest BCUT2D eigenvalue weighted by Crippen LogP contribution is -2.05. The average molecular weight is 241 g/mol. The van der Waals surface area contributed by atoms with Gasteiger partial charge in [0.15, 0.2) is 0 Å². The molecule has 17 heavy (non-hydrogen) atoms. The molecule has 0 radical (unpaired) electrons. The molecule has 3 rings (SSSR count). The lowest BCUT2D eigenvalue weighted by molar-refractivity contribution is 1.11. The molecule has 0 amide bonds. The van der Waals surface area contributed by atoms with Crippen LogP contribution in [0.15, 0.2) is 29.6 Å². The van der Waals surface area contributed by atoms with Crippen LogP contribution in [0.4, 0.5) is 5.82 Å². The molecule has 0 spiro atoms. The molecule has 1 N–H and O–H groups in total. The molecule has 3 nitrogen and oxygen atoms in total. The molecule has 2 aromatic rings. The van der Waals surface area contributed by atoms with Crippen LogP contribution in [-0.4, -0.2) is 11.0 Å². The number of pyridine rings is 1. The van der Waals surface area contributed by atoms with E-state index in [0.717, 1.165) is 16.4 Å². The number of anilines is 1. The van der Waals surface area contributed by atoms with E-state index in [1.165, 1.54) is 12.8 Å². The Morgan fingerprint density at radius 1 is 1.35 bits per heavy atom. The third-order valence-electron chi connectivity index (χ3n) is 2.71. The first-order valence-electron chi connectivity index (χ1n) is 5.58. The van der Waals surface area contributed by atoms with Crippen LogP contribution in [-0.2, 0) is 0 Å². The Hall–Kier alpha value is -1.86. The van der Waals surface area contributed by atoms with Gasteiger partial charge >= 0.3 is 0 Å². The van der Waals surface area contributed by atoms with E-state index in [4.69, 9.17) is 5.26 Å². The lowest BCUT2D eigenvalue weighted by atomic mass is 10.2. The van der Waals surface area contributed by atoms with Crippen molar-refractivity contribution < 1.29 is 0 Å². The van der Waals surface area contributed by atoms with Crippen LogP contribution >= 0.6 is 11.3 Å². The van der Waals surface area contributed by atoms with Crippen molar-refractivity contribution in [2.24, 2.45) is 0 Å². The topological polar surface area (TPSA) is 48.7 Å². The van der Waals surface area contributed by atoms with Gasteiger partial charge in [-0.2, -0.15) is 5.26 Å². The zero-order chi connectivity index (χ0) is 11.7. The Kier molecular flexibility index (Phi) is 2.54. The van der Waals surface area contributed by atoms with Crippen LogP contribution in [0.25, 0.3) is 10.6 Å². The first kappa shape index (κ1) is 10.3. The Bertz CT molecular complexity index is 565. The minimum Gasteiger partial charge on any atom is -0.366 e. The summed E-state index contributed by atoms with van der Waals surface area (Å²) in [5.74, 6) is 0.723. The molecule has 1 aliphatic rings. The Balaban J connectivity index is 1.99. The van der Waals surface area contributed by atoms with Crippen LogP contribution in [0.1, 0.15) is 18.4 Å². The number of hydrogen-bond acceptors (Lipinski definition) is 4. The van der Waals surface area contributed by atoms with Crippen molar-refractivity contribution in [1.29, 1.82) is 5.26 Å². The Labute approximate surface area is 104 Å². The van der Waals surface area contributed by atoms with Crippen molar-refractivity contribution in [1.82, 2.24) is 4.98 Å². The van der Waals surface area contributed by atoms with Crippen molar-refractivity contribution in [3.63, 3.8) is 0 Å². The van der Waals surface area contributed by atoms with Crippen molar-refractivity contribution in [3.05, 3.63) is 35.2 Å². The molecule has 0 unspecified atom stereocenters. The maximum atomic E-state index is 9.05. The Morgan fingerprint density at radius 2 is 2.24 bits per heavy atom. The first-order valence-corrected chi connectivity index (χ1v) is 6.46. The van der Waals surface area contributed by atoms with Gasteiger partial charge in [0.25, 0.3) is 0 Å². The monoisotopic (exact) mass is 241 g/mol. The maximum Gasteiger partial charge on any atom is 0.144 e. The number of rotatable bonds is 3. The number of nitrogens with one attached hydrogen (secondary N) is 1. The van der Waals surface area contributed by atoms with E-state index < -0.39 is 0 Å². The van der Waals surface area contributed by atoms with E-state index in [9.17, 15) is 0 Å². The van der Waals surface area contributed by atoms with Gasteiger partial charge in [-0.15, -0.1) is 11.3 Å². The minimum atomic E-state index is 0.508. The summed E-state index contributed by atoms with van der Waals surface area (Å²) in [4.78, 5) is 5.68.